The maximum absolute atomic E-state index is 12.5. The van der Waals surface area contributed by atoms with Crippen LogP contribution in [0.4, 0.5) is 5.69 Å². The summed E-state index contributed by atoms with van der Waals surface area (Å²) in [6.45, 7) is 1.77. The van der Waals surface area contributed by atoms with Gasteiger partial charge in [-0.05, 0) is 48.9 Å². The van der Waals surface area contributed by atoms with Gasteiger partial charge in [0.2, 0.25) is 0 Å². The fourth-order valence-corrected chi connectivity index (χ4v) is 4.98. The standard InChI is InChI=1S/C18H15ClN2O5S2/c1-11-8-16(27-17(11)18(22)23)28(24,25)21-12-5-6-15(14(19)9-12)26-10-13-4-2-3-7-20-13/h2-9,21H,10H2,1H3,(H,22,23). The molecule has 0 unspecified atom stereocenters. The molecule has 3 aromatic rings. The first-order chi connectivity index (χ1) is 13.3. The lowest BCUT2D eigenvalue weighted by atomic mass is 10.3. The number of sulfonamides is 1. The minimum absolute atomic E-state index is 0.0170. The molecule has 0 aliphatic carbocycles. The van der Waals surface area contributed by atoms with E-state index in [1.807, 2.05) is 12.1 Å². The molecule has 0 aliphatic heterocycles. The SMILES string of the molecule is Cc1cc(S(=O)(=O)Nc2ccc(OCc3ccccn3)c(Cl)c2)sc1C(=O)O. The largest absolute Gasteiger partial charge is 0.486 e. The molecule has 0 spiro atoms. The van der Waals surface area contributed by atoms with E-state index in [1.54, 1.807) is 25.3 Å². The number of ether oxygens (including phenoxy) is 1. The predicted molar refractivity (Wildman–Crippen MR) is 107 cm³/mol. The number of benzene rings is 1. The number of thiophene rings is 1. The third kappa shape index (κ3) is 4.61. The second-order valence-electron chi connectivity index (χ2n) is 5.74. The molecule has 0 saturated heterocycles. The topological polar surface area (TPSA) is 106 Å². The highest BCUT2D eigenvalue weighted by molar-refractivity contribution is 7.94. The number of aromatic nitrogens is 1. The molecule has 0 saturated carbocycles. The van der Waals surface area contributed by atoms with Gasteiger partial charge >= 0.3 is 5.97 Å². The summed E-state index contributed by atoms with van der Waals surface area (Å²) in [5, 5.41) is 9.32. The molecule has 28 heavy (non-hydrogen) atoms. The lowest BCUT2D eigenvalue weighted by Crippen LogP contribution is -2.11. The second-order valence-corrected chi connectivity index (χ2v) is 9.11. The predicted octanol–water partition coefficient (Wildman–Crippen LogP) is 4.18. The van der Waals surface area contributed by atoms with Gasteiger partial charge in [-0.15, -0.1) is 11.3 Å². The smallest absolute Gasteiger partial charge is 0.346 e. The average Bonchev–Trinajstić information content (AvgIpc) is 3.05. The van der Waals surface area contributed by atoms with Crippen molar-refractivity contribution in [3.63, 3.8) is 0 Å². The monoisotopic (exact) mass is 438 g/mol. The minimum atomic E-state index is -3.94. The van der Waals surface area contributed by atoms with Gasteiger partial charge in [-0.1, -0.05) is 17.7 Å². The Morgan fingerprint density at radius 2 is 2.07 bits per heavy atom. The van der Waals surface area contributed by atoms with Crippen molar-refractivity contribution in [1.82, 2.24) is 4.98 Å². The lowest BCUT2D eigenvalue weighted by Gasteiger charge is -2.10. The van der Waals surface area contributed by atoms with Crippen molar-refractivity contribution < 1.29 is 23.1 Å². The molecule has 1 aromatic carbocycles. The van der Waals surface area contributed by atoms with Crippen LogP contribution in [0.5, 0.6) is 5.75 Å². The summed E-state index contributed by atoms with van der Waals surface area (Å²) in [6, 6.07) is 11.2. The Labute approximate surface area is 170 Å². The first-order valence-corrected chi connectivity index (χ1v) is 10.6. The first kappa shape index (κ1) is 20.1. The molecular formula is C18H15ClN2O5S2. The zero-order chi connectivity index (χ0) is 20.3. The Morgan fingerprint density at radius 3 is 2.68 bits per heavy atom. The number of anilines is 1. The minimum Gasteiger partial charge on any atom is -0.486 e. The molecule has 2 aromatic heterocycles. The normalized spacial score (nSPS) is 11.2. The van der Waals surface area contributed by atoms with Gasteiger partial charge in [0.1, 0.15) is 21.4 Å². The number of nitrogens with zero attached hydrogens (tertiary/aromatic N) is 1. The van der Waals surface area contributed by atoms with E-state index in [9.17, 15) is 13.2 Å². The van der Waals surface area contributed by atoms with Crippen LogP contribution >= 0.6 is 22.9 Å². The fourth-order valence-electron chi connectivity index (χ4n) is 2.32. The van der Waals surface area contributed by atoms with Crippen LogP contribution in [0, 0.1) is 6.92 Å². The Hall–Kier alpha value is -2.62. The molecule has 0 fully saturated rings. The van der Waals surface area contributed by atoms with E-state index in [0.29, 0.717) is 22.6 Å². The van der Waals surface area contributed by atoms with Crippen LogP contribution < -0.4 is 9.46 Å². The first-order valence-electron chi connectivity index (χ1n) is 7.95. The molecule has 0 aliphatic rings. The highest BCUT2D eigenvalue weighted by Gasteiger charge is 2.22. The Morgan fingerprint density at radius 1 is 1.29 bits per heavy atom. The van der Waals surface area contributed by atoms with Gasteiger partial charge in [-0.2, -0.15) is 0 Å². The summed E-state index contributed by atoms with van der Waals surface area (Å²) in [5.74, 6) is -0.781. The average molecular weight is 439 g/mol. The third-order valence-corrected chi connectivity index (χ3v) is 7.02. The molecule has 2 N–H and O–H groups in total. The van der Waals surface area contributed by atoms with E-state index in [-0.39, 0.29) is 26.4 Å². The van der Waals surface area contributed by atoms with Gasteiger partial charge in [-0.3, -0.25) is 9.71 Å². The Balaban J connectivity index is 1.74. The van der Waals surface area contributed by atoms with Crippen molar-refractivity contribution in [2.45, 2.75) is 17.7 Å². The van der Waals surface area contributed by atoms with Crippen LogP contribution in [0.2, 0.25) is 5.02 Å². The van der Waals surface area contributed by atoms with E-state index in [0.717, 1.165) is 5.69 Å². The molecule has 0 radical (unpaired) electrons. The van der Waals surface area contributed by atoms with Crippen molar-refractivity contribution >= 4 is 44.6 Å². The van der Waals surface area contributed by atoms with Gasteiger partial charge in [0, 0.05) is 6.20 Å². The number of hydrogen-bond acceptors (Lipinski definition) is 6. The van der Waals surface area contributed by atoms with Crippen LogP contribution in [0.15, 0.2) is 52.9 Å². The summed E-state index contributed by atoms with van der Waals surface area (Å²) >= 11 is 6.88. The van der Waals surface area contributed by atoms with Crippen molar-refractivity contribution in [2.75, 3.05) is 4.72 Å². The number of halogens is 1. The van der Waals surface area contributed by atoms with Gasteiger partial charge in [0.25, 0.3) is 10.0 Å². The summed E-state index contributed by atoms with van der Waals surface area (Å²) < 4.78 is 32.9. The fraction of sp³-hybridized carbons (Fsp3) is 0.111. The van der Waals surface area contributed by atoms with Crippen molar-refractivity contribution in [2.24, 2.45) is 0 Å². The van der Waals surface area contributed by atoms with Crippen LogP contribution in [-0.2, 0) is 16.6 Å². The zero-order valence-corrected chi connectivity index (χ0v) is 16.9. The molecule has 3 rings (SSSR count). The van der Waals surface area contributed by atoms with Gasteiger partial charge in [0.05, 0.1) is 16.4 Å². The highest BCUT2D eigenvalue weighted by atomic mass is 35.5. The van der Waals surface area contributed by atoms with E-state index in [2.05, 4.69) is 9.71 Å². The number of pyridine rings is 1. The van der Waals surface area contributed by atoms with Gasteiger partial charge in [-0.25, -0.2) is 13.2 Å². The Kier molecular flexibility index (Phi) is 5.87. The number of carboxylic acids is 1. The molecule has 0 atom stereocenters. The summed E-state index contributed by atoms with van der Waals surface area (Å²) in [7, 11) is -3.94. The molecular weight excluding hydrogens is 424 g/mol. The van der Waals surface area contributed by atoms with Gasteiger partial charge < -0.3 is 9.84 Å². The number of aromatic carboxylic acids is 1. The summed E-state index contributed by atoms with van der Waals surface area (Å²) in [5.41, 5.74) is 1.35. The van der Waals surface area contributed by atoms with E-state index >= 15 is 0 Å². The number of carboxylic acid groups (broad SMARTS) is 1. The number of hydrogen-bond donors (Lipinski definition) is 2. The van der Waals surface area contributed by atoms with Crippen LogP contribution in [0.3, 0.4) is 0 Å². The van der Waals surface area contributed by atoms with Crippen molar-refractivity contribution in [3.05, 3.63) is 69.8 Å². The Bertz CT molecular complexity index is 1110. The number of carbonyl (C=O) groups is 1. The summed E-state index contributed by atoms with van der Waals surface area (Å²) in [4.78, 5) is 15.3. The molecule has 0 bridgehead atoms. The van der Waals surface area contributed by atoms with Crippen LogP contribution in [-0.4, -0.2) is 24.5 Å². The number of rotatable bonds is 7. The lowest BCUT2D eigenvalue weighted by molar-refractivity contribution is 0.0701. The summed E-state index contributed by atoms with van der Waals surface area (Å²) in [6.07, 6.45) is 1.65. The molecule has 7 nitrogen and oxygen atoms in total. The number of aryl methyl sites for hydroxylation is 1. The zero-order valence-electron chi connectivity index (χ0n) is 14.5. The maximum Gasteiger partial charge on any atom is 0.346 e. The molecule has 2 heterocycles. The molecule has 10 heteroatoms. The van der Waals surface area contributed by atoms with Gasteiger partial charge in [0.15, 0.2) is 0 Å². The van der Waals surface area contributed by atoms with E-state index < -0.39 is 16.0 Å². The number of nitrogens with one attached hydrogen (secondary N) is 1. The van der Waals surface area contributed by atoms with Crippen molar-refractivity contribution in [1.29, 1.82) is 0 Å². The van der Waals surface area contributed by atoms with E-state index in [1.165, 1.54) is 18.2 Å². The van der Waals surface area contributed by atoms with Crippen LogP contribution in [0.25, 0.3) is 0 Å². The molecule has 146 valence electrons. The van der Waals surface area contributed by atoms with E-state index in [4.69, 9.17) is 21.4 Å². The second kappa shape index (κ2) is 8.17. The molecule has 0 amide bonds. The highest BCUT2D eigenvalue weighted by Crippen LogP contribution is 2.31. The van der Waals surface area contributed by atoms with Crippen molar-refractivity contribution in [3.8, 4) is 5.75 Å². The maximum atomic E-state index is 12.5. The quantitative estimate of drug-likeness (QED) is 0.573. The van der Waals surface area contributed by atoms with Crippen LogP contribution in [0.1, 0.15) is 20.9 Å². The third-order valence-electron chi connectivity index (χ3n) is 3.64.